The third-order valence-electron chi connectivity index (χ3n) is 2.35. The molecule has 0 atom stereocenters. The molecule has 0 saturated heterocycles. The molecule has 0 spiro atoms. The van der Waals surface area contributed by atoms with E-state index in [9.17, 15) is 14.4 Å². The van der Waals surface area contributed by atoms with Crippen molar-refractivity contribution in [3.8, 4) is 0 Å². The lowest BCUT2D eigenvalue weighted by atomic mass is 10.1. The quantitative estimate of drug-likeness (QED) is 0.772. The molecule has 2 aromatic heterocycles. The minimum atomic E-state index is -0.541. The van der Waals surface area contributed by atoms with Crippen molar-refractivity contribution in [2.75, 3.05) is 0 Å². The van der Waals surface area contributed by atoms with E-state index in [4.69, 9.17) is 4.42 Å². The molecule has 0 bridgehead atoms. The smallest absolute Gasteiger partial charge is 0.330 e. The van der Waals surface area contributed by atoms with Crippen LogP contribution in [0.2, 0.25) is 0 Å². The molecule has 6 nitrogen and oxygen atoms in total. The zero-order valence-corrected chi connectivity index (χ0v) is 8.86. The normalized spacial score (nSPS) is 10.9. The number of H-pyrrole nitrogens is 1. The van der Waals surface area contributed by atoms with E-state index in [0.29, 0.717) is 5.56 Å². The Balaban J connectivity index is 2.81. The third-order valence-corrected chi connectivity index (χ3v) is 2.35. The first-order valence-electron chi connectivity index (χ1n) is 4.69. The van der Waals surface area contributed by atoms with Crippen molar-refractivity contribution in [3.63, 3.8) is 0 Å². The SMILES string of the molecule is CC(=O)Cc1coc2[nH]c(=O)n(C)c(=O)c12. The molecule has 0 saturated carbocycles. The number of aromatic amines is 1. The Morgan fingerprint density at radius 1 is 1.50 bits per heavy atom. The second kappa shape index (κ2) is 3.48. The van der Waals surface area contributed by atoms with E-state index in [-0.39, 0.29) is 23.3 Å². The van der Waals surface area contributed by atoms with Gasteiger partial charge in [0.1, 0.15) is 11.2 Å². The highest BCUT2D eigenvalue weighted by molar-refractivity contribution is 5.85. The van der Waals surface area contributed by atoms with Crippen molar-refractivity contribution in [3.05, 3.63) is 32.7 Å². The highest BCUT2D eigenvalue weighted by Gasteiger charge is 2.14. The molecule has 0 aliphatic heterocycles. The molecular weight excluding hydrogens is 212 g/mol. The Morgan fingerprint density at radius 2 is 2.19 bits per heavy atom. The zero-order chi connectivity index (χ0) is 11.9. The Bertz CT molecular complexity index is 674. The van der Waals surface area contributed by atoms with E-state index in [1.807, 2.05) is 0 Å². The minimum Gasteiger partial charge on any atom is -0.447 e. The van der Waals surface area contributed by atoms with Crippen LogP contribution < -0.4 is 11.2 Å². The summed E-state index contributed by atoms with van der Waals surface area (Å²) >= 11 is 0. The van der Waals surface area contributed by atoms with Crippen molar-refractivity contribution in [1.29, 1.82) is 0 Å². The molecule has 1 N–H and O–H groups in total. The van der Waals surface area contributed by atoms with Crippen LogP contribution in [-0.2, 0) is 18.3 Å². The average Bonchev–Trinajstić information content (AvgIpc) is 2.57. The maximum absolute atomic E-state index is 11.8. The molecule has 2 rings (SSSR count). The van der Waals surface area contributed by atoms with Crippen LogP contribution in [-0.4, -0.2) is 15.3 Å². The molecule has 0 aromatic carbocycles. The van der Waals surface area contributed by atoms with Gasteiger partial charge in [0.2, 0.25) is 5.71 Å². The van der Waals surface area contributed by atoms with Gasteiger partial charge in [-0.05, 0) is 6.92 Å². The fraction of sp³-hybridized carbons (Fsp3) is 0.300. The number of nitrogens with one attached hydrogen (secondary N) is 1. The lowest BCUT2D eigenvalue weighted by molar-refractivity contribution is -0.116. The maximum Gasteiger partial charge on any atom is 0.330 e. The van der Waals surface area contributed by atoms with Crippen molar-refractivity contribution < 1.29 is 9.21 Å². The maximum atomic E-state index is 11.8. The van der Waals surface area contributed by atoms with E-state index in [0.717, 1.165) is 4.57 Å². The van der Waals surface area contributed by atoms with Gasteiger partial charge in [0.05, 0.1) is 6.26 Å². The van der Waals surface area contributed by atoms with Crippen LogP contribution in [0.25, 0.3) is 11.1 Å². The summed E-state index contributed by atoms with van der Waals surface area (Å²) in [5.41, 5.74) is -0.381. The van der Waals surface area contributed by atoms with Gasteiger partial charge < -0.3 is 4.42 Å². The summed E-state index contributed by atoms with van der Waals surface area (Å²) in [6.45, 7) is 1.43. The first-order valence-corrected chi connectivity index (χ1v) is 4.69. The number of aromatic nitrogens is 2. The van der Waals surface area contributed by atoms with E-state index in [1.54, 1.807) is 0 Å². The molecule has 6 heteroatoms. The van der Waals surface area contributed by atoms with E-state index in [2.05, 4.69) is 4.98 Å². The monoisotopic (exact) mass is 222 g/mol. The predicted molar refractivity (Wildman–Crippen MR) is 56.5 cm³/mol. The fourth-order valence-electron chi connectivity index (χ4n) is 1.56. The third kappa shape index (κ3) is 1.48. The van der Waals surface area contributed by atoms with Crippen molar-refractivity contribution >= 4 is 16.9 Å². The second-order valence-corrected chi connectivity index (χ2v) is 3.64. The van der Waals surface area contributed by atoms with Gasteiger partial charge in [-0.2, -0.15) is 0 Å². The summed E-state index contributed by atoms with van der Waals surface area (Å²) in [6.07, 6.45) is 1.44. The molecule has 2 aromatic rings. The molecule has 0 amide bonds. The van der Waals surface area contributed by atoms with Gasteiger partial charge in [-0.25, -0.2) is 4.79 Å². The van der Waals surface area contributed by atoms with Gasteiger partial charge in [0.25, 0.3) is 5.56 Å². The average molecular weight is 222 g/mol. The Hall–Kier alpha value is -2.11. The standard InChI is InChI=1S/C10H10N2O4/c1-5(13)3-6-4-16-8-7(6)9(14)12(2)10(15)11-8/h4H,3H2,1-2H3,(H,11,15). The number of rotatable bonds is 2. The molecule has 0 aliphatic carbocycles. The van der Waals surface area contributed by atoms with E-state index in [1.165, 1.54) is 20.2 Å². The van der Waals surface area contributed by atoms with Crippen LogP contribution in [0.1, 0.15) is 12.5 Å². The van der Waals surface area contributed by atoms with Crippen LogP contribution in [0.4, 0.5) is 0 Å². The Kier molecular flexibility index (Phi) is 2.26. The zero-order valence-electron chi connectivity index (χ0n) is 8.86. The van der Waals surface area contributed by atoms with Crippen LogP contribution in [0.5, 0.6) is 0 Å². The number of carbonyl (C=O) groups is 1. The topological polar surface area (TPSA) is 85.1 Å². The summed E-state index contributed by atoms with van der Waals surface area (Å²) in [6, 6.07) is 0. The van der Waals surface area contributed by atoms with E-state index >= 15 is 0 Å². The number of carbonyl (C=O) groups excluding carboxylic acids is 1. The number of ketones is 1. The molecular formula is C10H10N2O4. The van der Waals surface area contributed by atoms with Crippen LogP contribution in [0.3, 0.4) is 0 Å². The van der Waals surface area contributed by atoms with Gasteiger partial charge in [-0.3, -0.25) is 19.1 Å². The molecule has 2 heterocycles. The number of fused-ring (bicyclic) bond motifs is 1. The van der Waals surface area contributed by atoms with E-state index < -0.39 is 11.2 Å². The minimum absolute atomic E-state index is 0.0732. The first kappa shape index (κ1) is 10.4. The Morgan fingerprint density at radius 3 is 2.81 bits per heavy atom. The number of hydrogen-bond donors (Lipinski definition) is 1. The number of Topliss-reactive ketones (excluding diaryl/α,β-unsaturated/α-hetero) is 1. The summed E-state index contributed by atoms with van der Waals surface area (Å²) in [5, 5.41) is 0.261. The largest absolute Gasteiger partial charge is 0.447 e. The highest BCUT2D eigenvalue weighted by Crippen LogP contribution is 2.14. The molecule has 0 aliphatic rings. The first-order chi connectivity index (χ1) is 7.50. The van der Waals surface area contributed by atoms with Crippen LogP contribution in [0.15, 0.2) is 20.3 Å². The van der Waals surface area contributed by atoms with Crippen molar-refractivity contribution in [2.45, 2.75) is 13.3 Å². The molecule has 0 unspecified atom stereocenters. The predicted octanol–water partition coefficient (Wildman–Crippen LogP) is -0.0487. The van der Waals surface area contributed by atoms with Gasteiger partial charge in [-0.1, -0.05) is 0 Å². The lowest BCUT2D eigenvalue weighted by Gasteiger charge is -1.96. The summed E-state index contributed by atoms with van der Waals surface area (Å²) in [4.78, 5) is 36.5. The second-order valence-electron chi connectivity index (χ2n) is 3.64. The summed E-state index contributed by atoms with van der Waals surface area (Å²) in [5.74, 6) is -0.0732. The summed E-state index contributed by atoms with van der Waals surface area (Å²) in [7, 11) is 1.37. The lowest BCUT2D eigenvalue weighted by Crippen LogP contribution is -2.32. The highest BCUT2D eigenvalue weighted by atomic mass is 16.3. The van der Waals surface area contributed by atoms with Crippen LogP contribution >= 0.6 is 0 Å². The molecule has 0 fully saturated rings. The Labute approximate surface area is 89.5 Å². The number of furan rings is 1. The van der Waals surface area contributed by atoms with Crippen molar-refractivity contribution in [2.24, 2.45) is 7.05 Å². The van der Waals surface area contributed by atoms with Gasteiger partial charge in [0, 0.05) is 19.0 Å². The van der Waals surface area contributed by atoms with Gasteiger partial charge in [0.15, 0.2) is 0 Å². The molecule has 0 radical (unpaired) electrons. The van der Waals surface area contributed by atoms with Gasteiger partial charge >= 0.3 is 5.69 Å². The number of hydrogen-bond acceptors (Lipinski definition) is 4. The molecule has 84 valence electrons. The van der Waals surface area contributed by atoms with Gasteiger partial charge in [-0.15, -0.1) is 0 Å². The number of nitrogens with zero attached hydrogens (tertiary/aromatic N) is 1. The molecule has 16 heavy (non-hydrogen) atoms. The summed E-state index contributed by atoms with van der Waals surface area (Å²) < 4.78 is 5.99. The fourth-order valence-corrected chi connectivity index (χ4v) is 1.56. The van der Waals surface area contributed by atoms with Crippen LogP contribution in [0, 0.1) is 0 Å². The van der Waals surface area contributed by atoms with Crippen molar-refractivity contribution in [1.82, 2.24) is 9.55 Å².